The lowest BCUT2D eigenvalue weighted by atomic mass is 10.1. The second kappa shape index (κ2) is 20.5. The lowest BCUT2D eigenvalue weighted by Crippen LogP contribution is -2.03. The minimum atomic E-state index is -0.118. The molecular formula is C50H27N7O6. The van der Waals surface area contributed by atoms with Crippen LogP contribution in [0.4, 0.5) is 0 Å². The molecule has 0 aliphatic rings. The van der Waals surface area contributed by atoms with Crippen molar-refractivity contribution in [1.82, 2.24) is 0 Å². The van der Waals surface area contributed by atoms with Crippen molar-refractivity contribution in [3.63, 3.8) is 0 Å². The van der Waals surface area contributed by atoms with Crippen LogP contribution < -0.4 is 28.4 Å². The first-order valence-corrected chi connectivity index (χ1v) is 18.4. The maximum Gasteiger partial charge on any atom is 0.220 e. The van der Waals surface area contributed by atoms with Crippen LogP contribution in [0.15, 0.2) is 146 Å². The zero-order valence-corrected chi connectivity index (χ0v) is 32.9. The molecule has 0 radical (unpaired) electrons. The zero-order valence-electron chi connectivity index (χ0n) is 32.9. The van der Waals surface area contributed by atoms with Crippen LogP contribution in [-0.4, -0.2) is 0 Å². The van der Waals surface area contributed by atoms with Gasteiger partial charge in [0.2, 0.25) is 34.5 Å². The molecule has 0 bridgehead atoms. The molecule has 0 atom stereocenters. The van der Waals surface area contributed by atoms with Gasteiger partial charge in [-0.05, 0) is 146 Å². The van der Waals surface area contributed by atoms with Crippen molar-refractivity contribution < 1.29 is 28.4 Å². The Balaban J connectivity index is 0.00000214. The molecule has 0 amide bonds. The molecule has 0 saturated carbocycles. The lowest BCUT2D eigenvalue weighted by molar-refractivity contribution is 0.326. The van der Waals surface area contributed by atoms with Crippen molar-refractivity contribution in [2.45, 2.75) is 6.92 Å². The number of nitrogens with zero attached hydrogens (tertiary/aromatic N) is 7. The van der Waals surface area contributed by atoms with Crippen molar-refractivity contribution in [3.05, 3.63) is 179 Å². The maximum atomic E-state index is 9.54. The van der Waals surface area contributed by atoms with Crippen molar-refractivity contribution in [1.29, 1.82) is 36.8 Å². The van der Waals surface area contributed by atoms with Gasteiger partial charge in [-0.1, -0.05) is 0 Å². The summed E-state index contributed by atoms with van der Waals surface area (Å²) in [5, 5.41) is 64.6. The Labute approximate surface area is 361 Å². The largest absolute Gasteiger partial charge is 0.449 e. The molecule has 0 aliphatic carbocycles. The molecule has 0 heterocycles. The molecule has 298 valence electrons. The van der Waals surface area contributed by atoms with Crippen LogP contribution in [0, 0.1) is 79.3 Å². The van der Waals surface area contributed by atoms with Crippen LogP contribution >= 0.6 is 0 Å². The third-order valence-corrected chi connectivity index (χ3v) is 8.46. The highest BCUT2D eigenvalue weighted by Crippen LogP contribution is 2.63. The Morgan fingerprint density at radius 3 is 0.444 bits per heavy atom. The van der Waals surface area contributed by atoms with Gasteiger partial charge in [-0.3, -0.25) is 0 Å². The second-order valence-electron chi connectivity index (χ2n) is 12.6. The summed E-state index contributed by atoms with van der Waals surface area (Å²) in [7, 11) is 0. The smallest absolute Gasteiger partial charge is 0.220 e. The molecule has 7 rings (SSSR count). The molecule has 0 aromatic heterocycles. The molecule has 7 aromatic carbocycles. The standard InChI is InChI=1S/C48H24N6O6.C2H3N/c49-25-31-1-13-37(14-2-31)55-43-44(56-38-15-3-32(26-50)4-16-38)46(58-40-19-7-34(28-52)8-20-40)48(60-42-23-11-36(30-54)12-24-42)47(59-41-21-9-35(29-53)10-22-41)45(43)57-39-17-5-33(27-51)6-18-39;1-2-3/h1-24H;1H3. The van der Waals surface area contributed by atoms with E-state index in [0.29, 0.717) is 33.4 Å². The van der Waals surface area contributed by atoms with E-state index < -0.39 is 0 Å². The Morgan fingerprint density at radius 2 is 0.349 bits per heavy atom. The Morgan fingerprint density at radius 1 is 0.238 bits per heavy atom. The third kappa shape index (κ3) is 10.6. The molecule has 0 saturated heterocycles. The minimum Gasteiger partial charge on any atom is -0.449 e. The number of nitriles is 7. The van der Waals surface area contributed by atoms with E-state index in [0.717, 1.165) is 0 Å². The number of hydrogen-bond acceptors (Lipinski definition) is 13. The van der Waals surface area contributed by atoms with Crippen molar-refractivity contribution >= 4 is 0 Å². The summed E-state index contributed by atoms with van der Waals surface area (Å²) in [6, 6.07) is 51.8. The lowest BCUT2D eigenvalue weighted by Gasteiger charge is -2.25. The number of rotatable bonds is 12. The normalized spacial score (nSPS) is 9.56. The van der Waals surface area contributed by atoms with Crippen LogP contribution in [0.1, 0.15) is 40.3 Å². The van der Waals surface area contributed by atoms with Gasteiger partial charge in [0, 0.05) is 6.92 Å². The van der Waals surface area contributed by atoms with Gasteiger partial charge in [-0.2, -0.15) is 36.8 Å². The van der Waals surface area contributed by atoms with Crippen LogP contribution in [-0.2, 0) is 0 Å². The minimum absolute atomic E-state index is 0.118. The fourth-order valence-corrected chi connectivity index (χ4v) is 5.47. The van der Waals surface area contributed by atoms with Gasteiger partial charge < -0.3 is 28.4 Å². The summed E-state index contributed by atoms with van der Waals surface area (Å²) in [5.74, 6) is 0.698. The van der Waals surface area contributed by atoms with Crippen LogP contribution in [0.25, 0.3) is 0 Å². The number of ether oxygens (including phenoxy) is 6. The Bertz CT molecular complexity index is 2500. The first-order chi connectivity index (χ1) is 30.8. The summed E-state index contributed by atoms with van der Waals surface area (Å²) in [5.41, 5.74) is 2.20. The highest BCUT2D eigenvalue weighted by atomic mass is 16.6. The fraction of sp³-hybridized carbons (Fsp3) is 0.0200. The van der Waals surface area contributed by atoms with E-state index in [1.807, 2.05) is 0 Å². The molecule has 13 nitrogen and oxygen atoms in total. The summed E-state index contributed by atoms with van der Waals surface area (Å²) < 4.78 is 39.8. The molecule has 0 aliphatic heterocycles. The molecule has 0 unspecified atom stereocenters. The van der Waals surface area contributed by atoms with Crippen LogP contribution in [0.2, 0.25) is 0 Å². The Kier molecular flexibility index (Phi) is 13.8. The quantitative estimate of drug-likeness (QED) is 0.112. The van der Waals surface area contributed by atoms with Gasteiger partial charge in [0.1, 0.15) is 34.5 Å². The van der Waals surface area contributed by atoms with Crippen LogP contribution in [0.5, 0.6) is 69.0 Å². The average Bonchev–Trinajstić information content (AvgIpc) is 3.33. The number of benzene rings is 7. The predicted octanol–water partition coefficient (Wildman–Crippen LogP) is 12.2. The molecular weight excluding hydrogens is 795 g/mol. The predicted molar refractivity (Wildman–Crippen MR) is 225 cm³/mol. The van der Waals surface area contributed by atoms with Crippen molar-refractivity contribution in [2.75, 3.05) is 0 Å². The van der Waals surface area contributed by atoms with Gasteiger partial charge in [-0.15, -0.1) is 0 Å². The first kappa shape index (κ1) is 42.4. The zero-order chi connectivity index (χ0) is 44.6. The molecule has 0 fully saturated rings. The molecule has 7 aromatic rings. The second-order valence-corrected chi connectivity index (χ2v) is 12.6. The molecule has 0 spiro atoms. The van der Waals surface area contributed by atoms with E-state index in [1.54, 1.807) is 152 Å². The molecule has 63 heavy (non-hydrogen) atoms. The Hall–Kier alpha value is -10.2. The number of hydrogen-bond donors (Lipinski definition) is 0. The molecule has 13 heteroatoms. The fourth-order valence-electron chi connectivity index (χ4n) is 5.47. The van der Waals surface area contributed by atoms with Gasteiger partial charge in [0.25, 0.3) is 0 Å². The topological polar surface area (TPSA) is 222 Å². The SMILES string of the molecule is CC#N.N#Cc1ccc(Oc2c(Oc3ccc(C#N)cc3)c(Oc3ccc(C#N)cc3)c(Oc3ccc(C#N)cc3)c(Oc3ccc(C#N)cc3)c2Oc2ccc(C#N)cc2)cc1. The van der Waals surface area contributed by atoms with Crippen LogP contribution in [0.3, 0.4) is 0 Å². The maximum absolute atomic E-state index is 9.54. The van der Waals surface area contributed by atoms with Gasteiger partial charge in [0.05, 0.1) is 75.9 Å². The van der Waals surface area contributed by atoms with Gasteiger partial charge in [0.15, 0.2) is 0 Å². The summed E-state index contributed by atoms with van der Waals surface area (Å²) in [4.78, 5) is 0. The van der Waals surface area contributed by atoms with Gasteiger partial charge in [-0.25, -0.2) is 0 Å². The highest BCUT2D eigenvalue weighted by Gasteiger charge is 2.35. The average molecular weight is 822 g/mol. The van der Waals surface area contributed by atoms with Crippen molar-refractivity contribution in [3.8, 4) is 111 Å². The summed E-state index contributed by atoms with van der Waals surface area (Å²) >= 11 is 0. The van der Waals surface area contributed by atoms with E-state index >= 15 is 0 Å². The highest BCUT2D eigenvalue weighted by molar-refractivity contribution is 5.77. The van der Waals surface area contributed by atoms with E-state index in [2.05, 4.69) is 36.4 Å². The third-order valence-electron chi connectivity index (χ3n) is 8.46. The summed E-state index contributed by atoms with van der Waals surface area (Å²) in [6.07, 6.45) is 0. The van der Waals surface area contributed by atoms with Crippen molar-refractivity contribution in [2.24, 2.45) is 0 Å². The first-order valence-electron chi connectivity index (χ1n) is 18.4. The monoisotopic (exact) mass is 821 g/mol. The van der Waals surface area contributed by atoms with E-state index in [9.17, 15) is 31.6 Å². The summed E-state index contributed by atoms with van der Waals surface area (Å²) in [6.45, 7) is 1.43. The van der Waals surface area contributed by atoms with E-state index in [1.165, 1.54) is 6.92 Å². The van der Waals surface area contributed by atoms with E-state index in [-0.39, 0.29) is 69.0 Å². The van der Waals surface area contributed by atoms with Gasteiger partial charge >= 0.3 is 0 Å². The van der Waals surface area contributed by atoms with E-state index in [4.69, 9.17) is 33.7 Å². The molecule has 0 N–H and O–H groups in total.